The molecule has 4 aromatic rings. The van der Waals surface area contributed by atoms with Gasteiger partial charge in [-0.15, -0.1) is 10.2 Å². The lowest BCUT2D eigenvalue weighted by molar-refractivity contribution is 0.454. The molecule has 0 bridgehead atoms. The van der Waals surface area contributed by atoms with E-state index in [4.69, 9.17) is 4.74 Å². The van der Waals surface area contributed by atoms with Crippen LogP contribution in [0.25, 0.3) is 5.82 Å². The van der Waals surface area contributed by atoms with Gasteiger partial charge in [0.15, 0.2) is 10.8 Å². The normalized spacial score (nSPS) is 11.4. The van der Waals surface area contributed by atoms with E-state index in [2.05, 4.69) is 24.9 Å². The third-order valence-corrected chi connectivity index (χ3v) is 5.64. The number of aryl methyl sites for hydroxylation is 3. The van der Waals surface area contributed by atoms with E-state index in [0.29, 0.717) is 29.0 Å². The number of aromatic nitrogens is 6. The van der Waals surface area contributed by atoms with Crippen molar-refractivity contribution in [3.05, 3.63) is 66.6 Å². The van der Waals surface area contributed by atoms with Crippen molar-refractivity contribution in [1.29, 1.82) is 0 Å². The maximum Gasteiger partial charge on any atom is 0.280 e. The molecule has 0 aliphatic carbocycles. The van der Waals surface area contributed by atoms with Gasteiger partial charge in [-0.05, 0) is 44.2 Å². The summed E-state index contributed by atoms with van der Waals surface area (Å²) < 4.78 is 36.5. The second kappa shape index (κ2) is 7.59. The Labute approximate surface area is 173 Å². The summed E-state index contributed by atoms with van der Waals surface area (Å²) in [6, 6.07) is 9.93. The average Bonchev–Trinajstić information content (AvgIpc) is 3.30. The summed E-state index contributed by atoms with van der Waals surface area (Å²) >= 11 is 0. The molecule has 1 aromatic carbocycles. The van der Waals surface area contributed by atoms with Gasteiger partial charge in [0, 0.05) is 37.4 Å². The van der Waals surface area contributed by atoms with Crippen LogP contribution in [0.4, 0.5) is 5.69 Å². The summed E-state index contributed by atoms with van der Waals surface area (Å²) in [4.78, 5) is 8.20. The number of imidazole rings is 2. The number of ether oxygens (including phenoxy) is 1. The number of nitrogens with zero attached hydrogens (tertiary/aromatic N) is 6. The Morgan fingerprint density at radius 3 is 2.33 bits per heavy atom. The van der Waals surface area contributed by atoms with Crippen molar-refractivity contribution in [1.82, 2.24) is 29.3 Å². The van der Waals surface area contributed by atoms with Crippen LogP contribution in [0.2, 0.25) is 0 Å². The zero-order chi connectivity index (χ0) is 21.3. The first kappa shape index (κ1) is 19.6. The van der Waals surface area contributed by atoms with Crippen molar-refractivity contribution in [2.24, 2.45) is 7.05 Å². The summed E-state index contributed by atoms with van der Waals surface area (Å²) in [5.41, 5.74) is 0.391. The van der Waals surface area contributed by atoms with E-state index >= 15 is 0 Å². The second-order valence-electron chi connectivity index (χ2n) is 6.54. The molecule has 30 heavy (non-hydrogen) atoms. The molecule has 3 heterocycles. The smallest absolute Gasteiger partial charge is 0.280 e. The number of hydrogen-bond acceptors (Lipinski definition) is 7. The van der Waals surface area contributed by atoms with Crippen molar-refractivity contribution in [3.63, 3.8) is 0 Å². The molecule has 1 N–H and O–H groups in total. The van der Waals surface area contributed by atoms with E-state index in [9.17, 15) is 8.42 Å². The number of hydrogen-bond donors (Lipinski definition) is 1. The predicted molar refractivity (Wildman–Crippen MR) is 109 cm³/mol. The van der Waals surface area contributed by atoms with Crippen LogP contribution in [0.1, 0.15) is 11.6 Å². The lowest BCUT2D eigenvalue weighted by Crippen LogP contribution is -2.13. The molecule has 0 saturated heterocycles. The van der Waals surface area contributed by atoms with Gasteiger partial charge in [0.1, 0.15) is 17.4 Å². The first-order chi connectivity index (χ1) is 14.3. The Balaban J connectivity index is 1.44. The van der Waals surface area contributed by atoms with Gasteiger partial charge in [0.25, 0.3) is 10.0 Å². The predicted octanol–water partition coefficient (Wildman–Crippen LogP) is 2.61. The minimum absolute atomic E-state index is 0.0358. The fourth-order valence-electron chi connectivity index (χ4n) is 2.69. The van der Waals surface area contributed by atoms with Gasteiger partial charge in [-0.3, -0.25) is 9.29 Å². The van der Waals surface area contributed by atoms with Gasteiger partial charge < -0.3 is 9.30 Å². The number of anilines is 1. The van der Waals surface area contributed by atoms with Gasteiger partial charge in [-0.1, -0.05) is 0 Å². The van der Waals surface area contributed by atoms with Gasteiger partial charge in [0.05, 0.1) is 0 Å². The highest BCUT2D eigenvalue weighted by Gasteiger charge is 2.18. The molecule has 0 aliphatic rings. The van der Waals surface area contributed by atoms with E-state index in [1.807, 2.05) is 6.92 Å². The average molecular weight is 425 g/mol. The molecule has 0 spiro atoms. The number of rotatable bonds is 6. The van der Waals surface area contributed by atoms with Crippen LogP contribution in [0.5, 0.6) is 11.6 Å². The van der Waals surface area contributed by atoms with Crippen LogP contribution in [-0.2, 0) is 17.1 Å². The van der Waals surface area contributed by atoms with Gasteiger partial charge in [-0.25, -0.2) is 9.97 Å². The van der Waals surface area contributed by atoms with E-state index in [-0.39, 0.29) is 5.03 Å². The van der Waals surface area contributed by atoms with E-state index in [1.54, 1.807) is 71.9 Å². The van der Waals surface area contributed by atoms with Crippen molar-refractivity contribution in [2.45, 2.75) is 18.9 Å². The fraction of sp³-hybridized carbons (Fsp3) is 0.158. The van der Waals surface area contributed by atoms with Crippen LogP contribution in [0, 0.1) is 13.8 Å². The first-order valence-electron chi connectivity index (χ1n) is 8.96. The molecular formula is C19H19N7O3S. The number of sulfonamides is 1. The molecule has 3 aromatic heterocycles. The maximum absolute atomic E-state index is 12.5. The van der Waals surface area contributed by atoms with Crippen molar-refractivity contribution >= 4 is 15.7 Å². The molecule has 11 heteroatoms. The van der Waals surface area contributed by atoms with Crippen LogP contribution >= 0.6 is 0 Å². The summed E-state index contributed by atoms with van der Waals surface area (Å²) in [5, 5.41) is 8.16. The van der Waals surface area contributed by atoms with E-state index < -0.39 is 10.0 Å². The SMILES string of the molecule is Cc1nc(S(=O)(=O)Nc2ccc(Oc3ccc(-n4ccnc4C)nn3)cc2)cn1C. The summed E-state index contributed by atoms with van der Waals surface area (Å²) in [6.45, 7) is 3.61. The maximum atomic E-state index is 12.5. The Bertz CT molecular complexity index is 1260. The minimum atomic E-state index is -3.77. The standard InChI is InChI=1S/C19H19N7O3S/c1-13-20-10-11-26(13)17-8-9-18(23-22-17)29-16-6-4-15(5-7-16)24-30(27,28)19-12-25(3)14(2)21-19/h4-12,24H,1-3H3. The zero-order valence-corrected chi connectivity index (χ0v) is 17.3. The van der Waals surface area contributed by atoms with E-state index in [0.717, 1.165) is 5.82 Å². The monoisotopic (exact) mass is 425 g/mol. The molecular weight excluding hydrogens is 406 g/mol. The Morgan fingerprint density at radius 2 is 1.77 bits per heavy atom. The molecule has 10 nitrogen and oxygen atoms in total. The Kier molecular flexibility index (Phi) is 4.96. The highest BCUT2D eigenvalue weighted by Crippen LogP contribution is 2.23. The van der Waals surface area contributed by atoms with E-state index in [1.165, 1.54) is 6.20 Å². The highest BCUT2D eigenvalue weighted by atomic mass is 32.2. The molecule has 0 unspecified atom stereocenters. The van der Waals surface area contributed by atoms with Gasteiger partial charge in [0.2, 0.25) is 5.88 Å². The largest absolute Gasteiger partial charge is 0.438 e. The molecule has 0 aliphatic heterocycles. The fourth-order valence-corrected chi connectivity index (χ4v) is 3.79. The molecule has 0 fully saturated rings. The third kappa shape index (κ3) is 4.01. The van der Waals surface area contributed by atoms with Crippen LogP contribution in [-0.4, -0.2) is 37.7 Å². The van der Waals surface area contributed by atoms with Crippen LogP contribution in [0.3, 0.4) is 0 Å². The zero-order valence-electron chi connectivity index (χ0n) is 16.5. The number of nitrogens with one attached hydrogen (secondary N) is 1. The highest BCUT2D eigenvalue weighted by molar-refractivity contribution is 7.92. The second-order valence-corrected chi connectivity index (χ2v) is 8.17. The topological polar surface area (TPSA) is 117 Å². The van der Waals surface area contributed by atoms with Crippen LogP contribution < -0.4 is 9.46 Å². The van der Waals surface area contributed by atoms with Gasteiger partial charge in [-0.2, -0.15) is 8.42 Å². The quantitative estimate of drug-likeness (QED) is 0.505. The first-order valence-corrected chi connectivity index (χ1v) is 10.4. The molecule has 4 rings (SSSR count). The molecule has 0 radical (unpaired) electrons. The summed E-state index contributed by atoms with van der Waals surface area (Å²) in [6.07, 6.45) is 4.95. The van der Waals surface area contributed by atoms with Crippen molar-refractivity contribution in [3.8, 4) is 17.4 Å². The van der Waals surface area contributed by atoms with Crippen molar-refractivity contribution in [2.75, 3.05) is 4.72 Å². The lowest BCUT2D eigenvalue weighted by atomic mass is 10.3. The lowest BCUT2D eigenvalue weighted by Gasteiger charge is -2.08. The molecule has 0 saturated carbocycles. The summed E-state index contributed by atoms with van der Waals surface area (Å²) in [7, 11) is -2.03. The molecule has 154 valence electrons. The third-order valence-electron chi connectivity index (χ3n) is 4.39. The number of benzene rings is 1. The Morgan fingerprint density at radius 1 is 1.00 bits per heavy atom. The molecule has 0 atom stereocenters. The van der Waals surface area contributed by atoms with Crippen LogP contribution in [0.15, 0.2) is 60.0 Å². The minimum Gasteiger partial charge on any atom is -0.438 e. The molecule has 0 amide bonds. The van der Waals surface area contributed by atoms with Crippen molar-refractivity contribution < 1.29 is 13.2 Å². The summed E-state index contributed by atoms with van der Waals surface area (Å²) in [5.74, 6) is 2.85. The Hall–Kier alpha value is -3.73. The van der Waals surface area contributed by atoms with Gasteiger partial charge >= 0.3 is 0 Å².